The Balaban J connectivity index is 1.90. The van der Waals surface area contributed by atoms with Gasteiger partial charge in [-0.3, -0.25) is 9.69 Å². The molecule has 3 nitrogen and oxygen atoms in total. The van der Waals surface area contributed by atoms with Crippen molar-refractivity contribution in [1.29, 1.82) is 0 Å². The first-order valence-corrected chi connectivity index (χ1v) is 8.34. The summed E-state index contributed by atoms with van der Waals surface area (Å²) in [5.74, 6) is 0.111. The summed E-state index contributed by atoms with van der Waals surface area (Å²) in [5, 5.41) is 3.05. The van der Waals surface area contributed by atoms with Gasteiger partial charge >= 0.3 is 0 Å². The smallest absolute Gasteiger partial charge is 0.241 e. The fourth-order valence-corrected chi connectivity index (χ4v) is 2.90. The monoisotopic (exact) mass is 288 g/mol. The third kappa shape index (κ3) is 4.85. The van der Waals surface area contributed by atoms with E-state index in [-0.39, 0.29) is 11.9 Å². The molecule has 1 saturated heterocycles. The largest absolute Gasteiger partial charge is 0.325 e. The molecule has 2 rings (SSSR count). The number of benzene rings is 1. The Kier molecular flexibility index (Phi) is 6.24. The van der Waals surface area contributed by atoms with Crippen LogP contribution in [0.1, 0.15) is 51.5 Å². The molecule has 1 aliphatic heterocycles. The molecule has 0 radical (unpaired) electrons. The first kappa shape index (κ1) is 16.0. The van der Waals surface area contributed by atoms with Gasteiger partial charge in [0.05, 0.1) is 6.04 Å². The lowest BCUT2D eigenvalue weighted by Crippen LogP contribution is -2.43. The van der Waals surface area contributed by atoms with Gasteiger partial charge in [0.1, 0.15) is 0 Å². The first-order valence-electron chi connectivity index (χ1n) is 8.34. The van der Waals surface area contributed by atoms with Crippen molar-refractivity contribution in [3.8, 4) is 0 Å². The Morgan fingerprint density at radius 1 is 1.10 bits per heavy atom. The number of likely N-dealkylation sites (tertiary alicyclic amines) is 1. The maximum absolute atomic E-state index is 12.4. The molecule has 1 aromatic rings. The number of nitrogens with zero attached hydrogens (tertiary/aromatic N) is 1. The van der Waals surface area contributed by atoms with Crippen LogP contribution in [0.4, 0.5) is 5.69 Å². The zero-order valence-corrected chi connectivity index (χ0v) is 13.4. The number of rotatable bonds is 4. The Hall–Kier alpha value is -1.35. The van der Waals surface area contributed by atoms with Crippen LogP contribution in [-0.4, -0.2) is 29.9 Å². The minimum absolute atomic E-state index is 0.0473. The summed E-state index contributed by atoms with van der Waals surface area (Å²) in [6, 6.07) is 8.11. The van der Waals surface area contributed by atoms with E-state index in [0.717, 1.165) is 25.2 Å². The number of amides is 1. The van der Waals surface area contributed by atoms with E-state index in [1.54, 1.807) is 0 Å². The number of nitrogens with one attached hydrogen (secondary N) is 1. The summed E-state index contributed by atoms with van der Waals surface area (Å²) >= 11 is 0. The fourth-order valence-electron chi connectivity index (χ4n) is 2.90. The molecule has 1 fully saturated rings. The molecule has 3 heteroatoms. The van der Waals surface area contributed by atoms with Gasteiger partial charge in [-0.05, 0) is 57.0 Å². The Labute approximate surface area is 128 Å². The summed E-state index contributed by atoms with van der Waals surface area (Å²) in [4.78, 5) is 14.7. The molecule has 116 valence electrons. The highest BCUT2D eigenvalue weighted by Gasteiger charge is 2.21. The third-order valence-electron chi connectivity index (χ3n) is 4.45. The van der Waals surface area contributed by atoms with Crippen LogP contribution in [0.3, 0.4) is 0 Å². The van der Waals surface area contributed by atoms with Crippen molar-refractivity contribution in [2.45, 2.75) is 58.4 Å². The number of anilines is 1. The van der Waals surface area contributed by atoms with Crippen molar-refractivity contribution in [3.63, 3.8) is 0 Å². The van der Waals surface area contributed by atoms with E-state index in [1.807, 2.05) is 19.1 Å². The van der Waals surface area contributed by atoms with Gasteiger partial charge in [0, 0.05) is 5.69 Å². The van der Waals surface area contributed by atoms with Crippen LogP contribution in [0.2, 0.25) is 0 Å². The summed E-state index contributed by atoms with van der Waals surface area (Å²) in [6.07, 6.45) is 7.38. The van der Waals surface area contributed by atoms with Crippen LogP contribution in [0.5, 0.6) is 0 Å². The van der Waals surface area contributed by atoms with E-state index in [4.69, 9.17) is 0 Å². The zero-order chi connectivity index (χ0) is 15.1. The highest BCUT2D eigenvalue weighted by molar-refractivity contribution is 5.94. The molecular formula is C18H28N2O. The topological polar surface area (TPSA) is 32.3 Å². The van der Waals surface area contributed by atoms with Gasteiger partial charge in [0.25, 0.3) is 0 Å². The molecule has 21 heavy (non-hydrogen) atoms. The van der Waals surface area contributed by atoms with Gasteiger partial charge in [-0.15, -0.1) is 0 Å². The van der Waals surface area contributed by atoms with Gasteiger partial charge in [0.2, 0.25) is 5.91 Å². The number of hydrogen-bond acceptors (Lipinski definition) is 2. The molecule has 1 heterocycles. The van der Waals surface area contributed by atoms with E-state index in [0.29, 0.717) is 0 Å². The number of carbonyl (C=O) groups excluding carboxylic acids is 1. The third-order valence-corrected chi connectivity index (χ3v) is 4.45. The van der Waals surface area contributed by atoms with E-state index in [2.05, 4.69) is 29.3 Å². The van der Waals surface area contributed by atoms with Crippen LogP contribution < -0.4 is 5.32 Å². The molecule has 0 unspecified atom stereocenters. The lowest BCUT2D eigenvalue weighted by atomic mass is 10.1. The predicted octanol–water partition coefficient (Wildman–Crippen LogP) is 3.84. The molecule has 1 aromatic carbocycles. The molecule has 0 aliphatic carbocycles. The van der Waals surface area contributed by atoms with Crippen LogP contribution >= 0.6 is 0 Å². The Morgan fingerprint density at radius 2 is 1.67 bits per heavy atom. The summed E-state index contributed by atoms with van der Waals surface area (Å²) < 4.78 is 0. The van der Waals surface area contributed by atoms with Gasteiger partial charge < -0.3 is 5.32 Å². The average molecular weight is 288 g/mol. The molecule has 0 bridgehead atoms. The molecular weight excluding hydrogens is 260 g/mol. The molecule has 0 spiro atoms. The average Bonchev–Trinajstić information content (AvgIpc) is 2.47. The molecule has 0 saturated carbocycles. The lowest BCUT2D eigenvalue weighted by Gasteiger charge is -2.29. The van der Waals surface area contributed by atoms with Gasteiger partial charge in [-0.25, -0.2) is 0 Å². The minimum Gasteiger partial charge on any atom is -0.325 e. The van der Waals surface area contributed by atoms with E-state index < -0.39 is 0 Å². The molecule has 1 amide bonds. The second kappa shape index (κ2) is 8.18. The summed E-state index contributed by atoms with van der Waals surface area (Å²) in [7, 11) is 0. The van der Waals surface area contributed by atoms with Crippen molar-refractivity contribution >= 4 is 11.6 Å². The maximum atomic E-state index is 12.4. The van der Waals surface area contributed by atoms with E-state index in [1.165, 1.54) is 37.7 Å². The minimum atomic E-state index is -0.0473. The highest BCUT2D eigenvalue weighted by Crippen LogP contribution is 2.15. The maximum Gasteiger partial charge on any atom is 0.241 e. The highest BCUT2D eigenvalue weighted by atomic mass is 16.2. The Bertz CT molecular complexity index is 433. The van der Waals surface area contributed by atoms with Crippen LogP contribution in [0.15, 0.2) is 24.3 Å². The standard InChI is InChI=1S/C18H28N2O/c1-3-16-9-11-17(12-10-16)19-18(21)15(2)20-13-7-5-4-6-8-14-20/h9-12,15H,3-8,13-14H2,1-2H3,(H,19,21)/t15-/m0/s1. The first-order chi connectivity index (χ1) is 10.2. The van der Waals surface area contributed by atoms with Gasteiger partial charge in [-0.1, -0.05) is 38.3 Å². The molecule has 1 atom stereocenters. The number of hydrogen-bond donors (Lipinski definition) is 1. The second-order valence-corrected chi connectivity index (χ2v) is 6.02. The van der Waals surface area contributed by atoms with Gasteiger partial charge in [0.15, 0.2) is 0 Å². The van der Waals surface area contributed by atoms with Crippen LogP contribution in [0, 0.1) is 0 Å². The SMILES string of the molecule is CCc1ccc(NC(=O)[C@H](C)N2CCCCCCC2)cc1. The number of aryl methyl sites for hydroxylation is 1. The predicted molar refractivity (Wildman–Crippen MR) is 88.6 cm³/mol. The lowest BCUT2D eigenvalue weighted by molar-refractivity contribution is -0.120. The van der Waals surface area contributed by atoms with Gasteiger partial charge in [-0.2, -0.15) is 0 Å². The fraction of sp³-hybridized carbons (Fsp3) is 0.611. The summed E-state index contributed by atoms with van der Waals surface area (Å²) in [6.45, 7) is 6.25. The zero-order valence-electron chi connectivity index (χ0n) is 13.4. The van der Waals surface area contributed by atoms with Crippen LogP contribution in [-0.2, 0) is 11.2 Å². The van der Waals surface area contributed by atoms with Crippen molar-refractivity contribution in [3.05, 3.63) is 29.8 Å². The van der Waals surface area contributed by atoms with E-state index >= 15 is 0 Å². The second-order valence-electron chi connectivity index (χ2n) is 6.02. The Morgan fingerprint density at radius 3 is 2.24 bits per heavy atom. The van der Waals surface area contributed by atoms with Crippen molar-refractivity contribution < 1.29 is 4.79 Å². The normalized spacial score (nSPS) is 18.6. The van der Waals surface area contributed by atoms with Crippen LogP contribution in [0.25, 0.3) is 0 Å². The van der Waals surface area contributed by atoms with Crippen molar-refractivity contribution in [2.75, 3.05) is 18.4 Å². The van der Waals surface area contributed by atoms with Crippen molar-refractivity contribution in [2.24, 2.45) is 0 Å². The molecule has 0 aromatic heterocycles. The summed E-state index contributed by atoms with van der Waals surface area (Å²) in [5.41, 5.74) is 2.20. The van der Waals surface area contributed by atoms with E-state index in [9.17, 15) is 4.79 Å². The quantitative estimate of drug-likeness (QED) is 0.913. The molecule has 1 N–H and O–H groups in total. The van der Waals surface area contributed by atoms with Crippen molar-refractivity contribution in [1.82, 2.24) is 4.90 Å². The molecule has 1 aliphatic rings. The number of carbonyl (C=O) groups is 1.